The summed E-state index contributed by atoms with van der Waals surface area (Å²) in [4.78, 5) is 12.1. The molecule has 6 nitrogen and oxygen atoms in total. The van der Waals surface area contributed by atoms with E-state index in [1.54, 1.807) is 19.2 Å². The van der Waals surface area contributed by atoms with Crippen LogP contribution in [0.2, 0.25) is 0 Å². The van der Waals surface area contributed by atoms with Gasteiger partial charge in [0, 0.05) is 13.6 Å². The van der Waals surface area contributed by atoms with Crippen molar-refractivity contribution in [2.75, 3.05) is 19.7 Å². The fraction of sp³-hybridized carbons (Fsp3) is 0.333. The lowest BCUT2D eigenvalue weighted by Crippen LogP contribution is -2.32. The van der Waals surface area contributed by atoms with Crippen LogP contribution in [0.4, 0.5) is 0 Å². The summed E-state index contributed by atoms with van der Waals surface area (Å²) in [6.45, 7) is 1.38. The zero-order valence-electron chi connectivity index (χ0n) is 15.5. The number of aliphatic hydroxyl groups is 1. The lowest BCUT2D eigenvalue weighted by molar-refractivity contribution is 0.104. The number of hydrogen-bond acceptors (Lipinski definition) is 5. The SMILES string of the molecule is Cn1nc(OCC(O)CNCCCc2ccccc2)c2ccccc2c1=O. The minimum Gasteiger partial charge on any atom is -0.473 e. The maximum Gasteiger partial charge on any atom is 0.274 e. The van der Waals surface area contributed by atoms with E-state index in [4.69, 9.17) is 4.74 Å². The Bertz CT molecular complexity index is 925. The van der Waals surface area contributed by atoms with Crippen LogP contribution < -0.4 is 15.6 Å². The Morgan fingerprint density at radius 1 is 1.11 bits per heavy atom. The van der Waals surface area contributed by atoms with Gasteiger partial charge in [0.25, 0.3) is 5.56 Å². The molecule has 0 aliphatic heterocycles. The van der Waals surface area contributed by atoms with Crippen LogP contribution in [0.15, 0.2) is 59.4 Å². The first-order valence-electron chi connectivity index (χ1n) is 9.16. The van der Waals surface area contributed by atoms with Gasteiger partial charge in [-0.2, -0.15) is 0 Å². The first kappa shape index (κ1) is 19.1. The van der Waals surface area contributed by atoms with Gasteiger partial charge in [-0.1, -0.05) is 42.5 Å². The molecule has 142 valence electrons. The second-order valence-electron chi connectivity index (χ2n) is 6.54. The largest absolute Gasteiger partial charge is 0.473 e. The summed E-state index contributed by atoms with van der Waals surface area (Å²) in [7, 11) is 1.59. The molecule has 1 heterocycles. The van der Waals surface area contributed by atoms with Crippen LogP contribution in [0.1, 0.15) is 12.0 Å². The molecular weight excluding hydrogens is 342 g/mol. The van der Waals surface area contributed by atoms with E-state index in [9.17, 15) is 9.90 Å². The van der Waals surface area contributed by atoms with Crippen LogP contribution in [0.3, 0.4) is 0 Å². The summed E-state index contributed by atoms with van der Waals surface area (Å²) in [6, 6.07) is 17.5. The Kier molecular flexibility index (Phi) is 6.57. The van der Waals surface area contributed by atoms with Crippen LogP contribution >= 0.6 is 0 Å². The van der Waals surface area contributed by atoms with E-state index < -0.39 is 6.10 Å². The molecule has 2 aromatic carbocycles. The predicted octanol–water partition coefficient (Wildman–Crippen LogP) is 1.90. The van der Waals surface area contributed by atoms with E-state index in [1.807, 2.05) is 30.3 Å². The Balaban J connectivity index is 1.45. The molecule has 3 rings (SSSR count). The first-order valence-corrected chi connectivity index (χ1v) is 9.16. The van der Waals surface area contributed by atoms with Crippen LogP contribution in [-0.2, 0) is 13.5 Å². The molecule has 3 aromatic rings. The van der Waals surface area contributed by atoms with Crippen molar-refractivity contribution in [2.45, 2.75) is 18.9 Å². The zero-order valence-corrected chi connectivity index (χ0v) is 15.5. The molecule has 0 aliphatic carbocycles. The summed E-state index contributed by atoms with van der Waals surface area (Å²) < 4.78 is 6.94. The fourth-order valence-electron chi connectivity index (χ4n) is 2.94. The van der Waals surface area contributed by atoms with Crippen molar-refractivity contribution in [3.8, 4) is 5.88 Å². The van der Waals surface area contributed by atoms with Crippen molar-refractivity contribution in [2.24, 2.45) is 7.05 Å². The van der Waals surface area contributed by atoms with E-state index in [1.165, 1.54) is 10.2 Å². The molecule has 0 saturated heterocycles. The monoisotopic (exact) mass is 367 g/mol. The van der Waals surface area contributed by atoms with E-state index in [2.05, 4.69) is 22.5 Å². The standard InChI is InChI=1S/C21H25N3O3/c1-24-21(26)19-12-6-5-11-18(19)20(23-24)27-15-17(25)14-22-13-7-10-16-8-3-2-4-9-16/h2-6,8-9,11-12,17,22,25H,7,10,13-15H2,1H3. The zero-order chi connectivity index (χ0) is 19.1. The van der Waals surface area contributed by atoms with Crippen LogP contribution in [0.5, 0.6) is 5.88 Å². The van der Waals surface area contributed by atoms with Crippen molar-refractivity contribution in [3.63, 3.8) is 0 Å². The van der Waals surface area contributed by atoms with Gasteiger partial charge in [0.1, 0.15) is 12.7 Å². The van der Waals surface area contributed by atoms with E-state index in [-0.39, 0.29) is 12.2 Å². The van der Waals surface area contributed by atoms with Gasteiger partial charge in [-0.25, -0.2) is 4.68 Å². The Morgan fingerprint density at radius 3 is 2.59 bits per heavy atom. The van der Waals surface area contributed by atoms with E-state index in [0.29, 0.717) is 23.2 Å². The highest BCUT2D eigenvalue weighted by Crippen LogP contribution is 2.19. The molecule has 0 amide bonds. The highest BCUT2D eigenvalue weighted by Gasteiger charge is 2.11. The highest BCUT2D eigenvalue weighted by atomic mass is 16.5. The summed E-state index contributed by atoms with van der Waals surface area (Å²) in [6.07, 6.45) is 1.36. The summed E-state index contributed by atoms with van der Waals surface area (Å²) in [5, 5.41) is 18.8. The second kappa shape index (κ2) is 9.30. The van der Waals surface area contributed by atoms with Crippen LogP contribution in [0, 0.1) is 0 Å². The van der Waals surface area contributed by atoms with Crippen LogP contribution in [0.25, 0.3) is 10.8 Å². The van der Waals surface area contributed by atoms with Crippen molar-refractivity contribution in [3.05, 3.63) is 70.5 Å². The van der Waals surface area contributed by atoms with Gasteiger partial charge in [0.05, 0.1) is 10.8 Å². The smallest absolute Gasteiger partial charge is 0.274 e. The molecule has 0 radical (unpaired) electrons. The predicted molar refractivity (Wildman–Crippen MR) is 106 cm³/mol. The summed E-state index contributed by atoms with van der Waals surface area (Å²) >= 11 is 0. The van der Waals surface area contributed by atoms with E-state index >= 15 is 0 Å². The molecule has 1 aromatic heterocycles. The van der Waals surface area contributed by atoms with Crippen molar-refractivity contribution < 1.29 is 9.84 Å². The molecule has 0 spiro atoms. The number of benzene rings is 2. The van der Waals surface area contributed by atoms with Gasteiger partial charge in [-0.05, 0) is 37.1 Å². The molecule has 2 N–H and O–H groups in total. The normalized spacial score (nSPS) is 12.2. The summed E-state index contributed by atoms with van der Waals surface area (Å²) in [5.74, 6) is 0.357. The lowest BCUT2D eigenvalue weighted by atomic mass is 10.1. The Labute approximate surface area is 158 Å². The average Bonchev–Trinajstić information content (AvgIpc) is 2.70. The summed E-state index contributed by atoms with van der Waals surface area (Å²) in [5.41, 5.74) is 1.15. The third-order valence-corrected chi connectivity index (χ3v) is 4.38. The Hall–Kier alpha value is -2.70. The number of nitrogens with zero attached hydrogens (tertiary/aromatic N) is 2. The van der Waals surface area contributed by atoms with Crippen molar-refractivity contribution >= 4 is 10.8 Å². The number of aryl methyl sites for hydroxylation is 2. The number of ether oxygens (including phenoxy) is 1. The second-order valence-corrected chi connectivity index (χ2v) is 6.54. The Morgan fingerprint density at radius 2 is 1.81 bits per heavy atom. The minimum absolute atomic E-state index is 0.112. The quantitative estimate of drug-likeness (QED) is 0.565. The van der Waals surface area contributed by atoms with Gasteiger partial charge in [-0.15, -0.1) is 5.10 Å². The lowest BCUT2D eigenvalue weighted by Gasteiger charge is -2.14. The van der Waals surface area contributed by atoms with Crippen molar-refractivity contribution in [1.82, 2.24) is 15.1 Å². The number of fused-ring (bicyclic) bond motifs is 1. The molecule has 0 fully saturated rings. The number of hydrogen-bond donors (Lipinski definition) is 2. The van der Waals surface area contributed by atoms with Gasteiger partial charge >= 0.3 is 0 Å². The number of nitrogens with one attached hydrogen (secondary N) is 1. The molecule has 6 heteroatoms. The van der Waals surface area contributed by atoms with Crippen molar-refractivity contribution in [1.29, 1.82) is 0 Å². The molecule has 0 aliphatic rings. The highest BCUT2D eigenvalue weighted by molar-refractivity contribution is 5.85. The average molecular weight is 367 g/mol. The molecule has 27 heavy (non-hydrogen) atoms. The van der Waals surface area contributed by atoms with Gasteiger partial charge in [0.2, 0.25) is 5.88 Å². The number of rotatable bonds is 9. The topological polar surface area (TPSA) is 76.4 Å². The maximum absolute atomic E-state index is 12.1. The number of aliphatic hydroxyl groups excluding tert-OH is 1. The molecule has 0 saturated carbocycles. The van der Waals surface area contributed by atoms with Gasteiger partial charge in [-0.3, -0.25) is 4.79 Å². The number of aromatic nitrogens is 2. The van der Waals surface area contributed by atoms with E-state index in [0.717, 1.165) is 19.4 Å². The molecular formula is C21H25N3O3. The third-order valence-electron chi connectivity index (χ3n) is 4.38. The van der Waals surface area contributed by atoms with Gasteiger partial charge in [0.15, 0.2) is 0 Å². The van der Waals surface area contributed by atoms with Gasteiger partial charge < -0.3 is 15.2 Å². The maximum atomic E-state index is 12.1. The minimum atomic E-state index is -0.653. The molecule has 0 bridgehead atoms. The molecule has 1 unspecified atom stereocenters. The third kappa shape index (κ3) is 5.15. The first-order chi connectivity index (χ1) is 13.1. The molecule has 1 atom stereocenters. The van der Waals surface area contributed by atoms with Crippen LogP contribution in [-0.4, -0.2) is 40.7 Å². The fourth-order valence-corrected chi connectivity index (χ4v) is 2.94.